The van der Waals surface area contributed by atoms with E-state index in [9.17, 15) is 29.1 Å². The molecule has 1 heterocycles. The molecule has 0 radical (unpaired) electrons. The molecule has 94 heavy (non-hydrogen) atoms. The number of rotatable bonds is 23. The topological polar surface area (TPSA) is 297 Å². The average Bonchev–Trinajstić information content (AvgIpc) is 0.815. The van der Waals surface area contributed by atoms with Gasteiger partial charge >= 0.3 is 0 Å². The van der Waals surface area contributed by atoms with Crippen LogP contribution >= 0.6 is 11.8 Å². The minimum absolute atomic E-state index is 0.0162. The smallest absolute Gasteiger partial charge is 0.246 e. The number of aliphatic hydroxyl groups is 1. The van der Waals surface area contributed by atoms with Crippen LogP contribution in [-0.2, 0) is 62.2 Å². The van der Waals surface area contributed by atoms with Gasteiger partial charge in [0.05, 0.1) is 25.4 Å². The van der Waals surface area contributed by atoms with Gasteiger partial charge in [-0.3, -0.25) is 52.7 Å². The van der Waals surface area contributed by atoms with Crippen LogP contribution in [0.15, 0.2) is 12.2 Å². The van der Waals surface area contributed by atoms with Crippen molar-refractivity contribution in [1.29, 1.82) is 0 Å². The van der Waals surface area contributed by atoms with Gasteiger partial charge in [0.25, 0.3) is 0 Å². The fourth-order valence-electron chi connectivity index (χ4n) is 11.5. The van der Waals surface area contributed by atoms with Crippen LogP contribution in [0.5, 0.6) is 0 Å². The number of allylic oxidation sites excluding steroid dienone is 2. The first-order chi connectivity index (χ1) is 43.5. The summed E-state index contributed by atoms with van der Waals surface area (Å²) in [5, 5.41) is 22.5. The summed E-state index contributed by atoms with van der Waals surface area (Å²) in [6, 6.07) is -13.6. The van der Waals surface area contributed by atoms with E-state index in [1.54, 1.807) is 41.7 Å². The molecule has 0 unspecified atom stereocenters. The van der Waals surface area contributed by atoms with Gasteiger partial charge in [0.1, 0.15) is 66.5 Å². The standard InChI is InChI=1S/C68H123N11O14S/c1-26-28-29-45(13)37-50-59(82)71-48(27-2)62(85)78(23)54(39-94-33-32-93-31-30-92-25)65(88)77(22)53(38-68(16,17)91)60(83)72-55(43(9)10)66(89)73(18)49(34-40(3)4)58(81)69-46(14)57(80)70-47(15)61(84)75(20)51(35-41(5)6)63(86)76(21)52(36-42(7)8)64(87)79(24)56(44(11)12)67(90)74(50)19/h26,28,40-56,91H,27,29-39H2,1-25H3,(H,69,81)(H,70,80)(H,71,82)(H,72,83)/b28-26+/t45-,46-,47+,48-,49-,50-,51+,52-,53+,54-,55-,56-/m1/s1. The molecule has 0 aromatic heterocycles. The number of nitrogens with one attached hydrogen (secondary N) is 4. The van der Waals surface area contributed by atoms with Crippen LogP contribution in [-0.4, -0.2) is 264 Å². The second-order valence-electron chi connectivity index (χ2n) is 28.3. The third kappa shape index (κ3) is 26.3. The van der Waals surface area contributed by atoms with Crippen LogP contribution in [0.1, 0.15) is 163 Å². The minimum atomic E-state index is -1.58. The molecule has 0 bridgehead atoms. The molecule has 1 rings (SSSR count). The molecule has 26 heteroatoms. The van der Waals surface area contributed by atoms with Crippen molar-refractivity contribution in [3.8, 4) is 0 Å². The van der Waals surface area contributed by atoms with Gasteiger partial charge in [-0.05, 0) is 109 Å². The Morgan fingerprint density at radius 3 is 1.43 bits per heavy atom. The second kappa shape index (κ2) is 40.6. The number of likely N-dealkylation sites (N-methyl/N-ethyl adjacent to an activating group) is 7. The highest BCUT2D eigenvalue weighted by molar-refractivity contribution is 7.99. The van der Waals surface area contributed by atoms with Gasteiger partial charge in [-0.15, -0.1) is 0 Å². The highest BCUT2D eigenvalue weighted by Crippen LogP contribution is 2.26. The molecule has 5 N–H and O–H groups in total. The van der Waals surface area contributed by atoms with Crippen molar-refractivity contribution in [3.63, 3.8) is 0 Å². The number of methoxy groups -OCH3 is 1. The van der Waals surface area contributed by atoms with Crippen LogP contribution in [0, 0.1) is 35.5 Å². The third-order valence-electron chi connectivity index (χ3n) is 17.3. The van der Waals surface area contributed by atoms with Gasteiger partial charge in [0.15, 0.2) is 0 Å². The summed E-state index contributed by atoms with van der Waals surface area (Å²) >= 11 is 1.30. The van der Waals surface area contributed by atoms with Gasteiger partial charge in [0, 0.05) is 74.4 Å². The quantitative estimate of drug-likeness (QED) is 0.0709. The molecule has 540 valence electrons. The summed E-state index contributed by atoms with van der Waals surface area (Å²) in [6.45, 7) is 30.4. The third-order valence-corrected chi connectivity index (χ3v) is 18.3. The van der Waals surface area contributed by atoms with E-state index in [1.807, 2.05) is 67.5 Å². The lowest BCUT2D eigenvalue weighted by Gasteiger charge is -2.41. The molecule has 0 spiro atoms. The molecule has 1 aliphatic rings. The Kier molecular flexibility index (Phi) is 37.2. The van der Waals surface area contributed by atoms with Crippen molar-refractivity contribution in [1.82, 2.24) is 55.6 Å². The van der Waals surface area contributed by atoms with Gasteiger partial charge in [0.2, 0.25) is 65.0 Å². The Balaban J connectivity index is 4.51. The Hall–Kier alpha value is -5.86. The van der Waals surface area contributed by atoms with E-state index in [2.05, 4.69) is 21.3 Å². The fourth-order valence-corrected chi connectivity index (χ4v) is 12.5. The predicted molar refractivity (Wildman–Crippen MR) is 367 cm³/mol. The number of amides is 11. The van der Waals surface area contributed by atoms with Crippen molar-refractivity contribution >= 4 is 76.7 Å². The summed E-state index contributed by atoms with van der Waals surface area (Å²) < 4.78 is 10.8. The van der Waals surface area contributed by atoms with Crippen LogP contribution in [0.25, 0.3) is 0 Å². The lowest BCUT2D eigenvalue weighted by molar-refractivity contribution is -0.156. The lowest BCUT2D eigenvalue weighted by atomic mass is 9.93. The van der Waals surface area contributed by atoms with Crippen LogP contribution in [0.4, 0.5) is 0 Å². The highest BCUT2D eigenvalue weighted by Gasteiger charge is 2.45. The molecule has 25 nitrogen and oxygen atoms in total. The number of thioether (sulfide) groups is 1. The van der Waals surface area contributed by atoms with Gasteiger partial charge in [-0.25, -0.2) is 0 Å². The van der Waals surface area contributed by atoms with Crippen LogP contribution < -0.4 is 21.3 Å². The first-order valence-corrected chi connectivity index (χ1v) is 34.8. The first-order valence-electron chi connectivity index (χ1n) is 33.6. The molecule has 0 aromatic rings. The number of carbonyl (C=O) groups excluding carboxylic acids is 11. The molecular formula is C68H123N11O14S. The van der Waals surface area contributed by atoms with Crippen molar-refractivity contribution in [2.24, 2.45) is 35.5 Å². The molecule has 0 aromatic carbocycles. The molecule has 1 aliphatic heterocycles. The highest BCUT2D eigenvalue weighted by atomic mass is 32.2. The number of hydrogen-bond acceptors (Lipinski definition) is 15. The maximum atomic E-state index is 15.3. The summed E-state index contributed by atoms with van der Waals surface area (Å²) in [6.07, 6.45) is 4.66. The lowest BCUT2D eigenvalue weighted by Crippen LogP contribution is -2.62. The average molecular weight is 1350 g/mol. The second-order valence-corrected chi connectivity index (χ2v) is 29.5. The fraction of sp³-hybridized carbons (Fsp3) is 0.809. The van der Waals surface area contributed by atoms with E-state index in [0.29, 0.717) is 25.4 Å². The Labute approximate surface area is 567 Å². The predicted octanol–water partition coefficient (Wildman–Crippen LogP) is 4.18. The van der Waals surface area contributed by atoms with Gasteiger partial charge in [-0.1, -0.05) is 95.2 Å². The van der Waals surface area contributed by atoms with E-state index in [0.717, 1.165) is 4.90 Å². The van der Waals surface area contributed by atoms with Gasteiger partial charge < -0.3 is 70.1 Å². The first kappa shape index (κ1) is 86.2. The number of nitrogens with zero attached hydrogens (tertiary/aromatic N) is 7. The number of hydrogen-bond donors (Lipinski definition) is 5. The molecular weight excluding hydrogens is 1230 g/mol. The minimum Gasteiger partial charge on any atom is -0.390 e. The Morgan fingerprint density at radius 1 is 0.500 bits per heavy atom. The summed E-state index contributed by atoms with van der Waals surface area (Å²) in [4.78, 5) is 173. The molecule has 1 saturated heterocycles. The summed E-state index contributed by atoms with van der Waals surface area (Å²) in [5.74, 6) is -8.75. The maximum Gasteiger partial charge on any atom is 0.246 e. The summed E-state index contributed by atoms with van der Waals surface area (Å²) in [5.41, 5.74) is -1.58. The zero-order valence-corrected chi connectivity index (χ0v) is 62.6. The molecule has 0 aliphatic carbocycles. The largest absolute Gasteiger partial charge is 0.390 e. The number of carbonyl (C=O) groups is 11. The van der Waals surface area contributed by atoms with E-state index >= 15 is 28.8 Å². The Morgan fingerprint density at radius 2 is 0.936 bits per heavy atom. The van der Waals surface area contributed by atoms with E-state index in [4.69, 9.17) is 9.47 Å². The molecule has 1 fully saturated rings. The normalized spacial score (nSPS) is 26.1. The van der Waals surface area contributed by atoms with Gasteiger partial charge in [-0.2, -0.15) is 11.8 Å². The number of ether oxygens (including phenoxy) is 2. The maximum absolute atomic E-state index is 15.3. The molecule has 12 atom stereocenters. The van der Waals surface area contributed by atoms with E-state index in [1.165, 1.54) is 118 Å². The van der Waals surface area contributed by atoms with Crippen LogP contribution in [0.2, 0.25) is 0 Å². The van der Waals surface area contributed by atoms with Crippen molar-refractivity contribution < 1.29 is 67.3 Å². The van der Waals surface area contributed by atoms with Crippen LogP contribution in [0.3, 0.4) is 0 Å². The zero-order chi connectivity index (χ0) is 72.6. The van der Waals surface area contributed by atoms with E-state index in [-0.39, 0.29) is 74.6 Å². The Bertz CT molecular complexity index is 2530. The van der Waals surface area contributed by atoms with E-state index < -0.39 is 149 Å². The summed E-state index contributed by atoms with van der Waals surface area (Å²) in [7, 11) is 11.7. The van der Waals surface area contributed by atoms with Crippen molar-refractivity contribution in [2.45, 2.75) is 235 Å². The van der Waals surface area contributed by atoms with Crippen molar-refractivity contribution in [3.05, 3.63) is 12.2 Å². The SMILES string of the molecule is C/C=C/C[C@@H](C)C[C@@H]1C(=O)N[C@H](CC)C(=O)N(C)[C@H](CSCCOCCOC)C(=O)N(C)[C@@H](CC(C)(C)O)C(=O)N[C@H](C(C)C)C(=O)N(C)[C@H](CC(C)C)C(=O)N[C@H](C)C(=O)N[C@@H](C)C(=O)N(C)[C@@H](CC(C)C)C(=O)N(C)[C@H](CC(C)C)C(=O)N(C)[C@H](C(C)C)C(=O)N1C. The van der Waals surface area contributed by atoms with Crippen molar-refractivity contribution in [2.75, 3.05) is 87.8 Å². The zero-order valence-electron chi connectivity index (χ0n) is 61.7. The monoisotopic (exact) mass is 1350 g/mol. The molecule has 11 amide bonds. The molecule has 0 saturated carbocycles.